The Hall–Kier alpha value is -1.84. The number of carbonyl (C=O) groups excluding carboxylic acids is 2. The monoisotopic (exact) mass is 248 g/mol. The minimum Gasteiger partial charge on any atom is -0.356 e. The third-order valence-electron chi connectivity index (χ3n) is 2.38. The molecule has 0 aromatic heterocycles. The molecule has 18 heavy (non-hydrogen) atoms. The number of hydrogen-bond donors (Lipinski definition) is 2. The lowest BCUT2D eigenvalue weighted by molar-refractivity contribution is -0.121. The zero-order valence-corrected chi connectivity index (χ0v) is 10.9. The van der Waals surface area contributed by atoms with Crippen molar-refractivity contribution in [1.82, 2.24) is 10.6 Å². The second kappa shape index (κ2) is 7.48. The summed E-state index contributed by atoms with van der Waals surface area (Å²) >= 11 is 0. The molecule has 4 heteroatoms. The zero-order valence-electron chi connectivity index (χ0n) is 10.9. The molecule has 0 unspecified atom stereocenters. The average molecular weight is 248 g/mol. The molecule has 2 amide bonds. The first kappa shape index (κ1) is 14.2. The molecule has 0 saturated carbocycles. The topological polar surface area (TPSA) is 58.2 Å². The standard InChI is InChI=1S/C14H20N2O2/c1-11(2)10-16-13(17)8-9-15-14(18)12-6-4-3-5-7-12/h3-7,11H,8-10H2,1-2H3,(H,15,18)(H,16,17). The maximum atomic E-state index is 11.6. The van der Waals surface area contributed by atoms with E-state index in [1.165, 1.54) is 0 Å². The van der Waals surface area contributed by atoms with Crippen LogP contribution in [0.3, 0.4) is 0 Å². The maximum absolute atomic E-state index is 11.6. The number of carbonyl (C=O) groups is 2. The van der Waals surface area contributed by atoms with E-state index in [1.54, 1.807) is 12.1 Å². The molecule has 2 N–H and O–H groups in total. The molecular weight excluding hydrogens is 228 g/mol. The SMILES string of the molecule is CC(C)CNC(=O)CCNC(=O)c1ccccc1. The van der Waals surface area contributed by atoms with Crippen LogP contribution in [0.1, 0.15) is 30.6 Å². The highest BCUT2D eigenvalue weighted by Gasteiger charge is 2.06. The summed E-state index contributed by atoms with van der Waals surface area (Å²) < 4.78 is 0. The van der Waals surface area contributed by atoms with E-state index in [1.807, 2.05) is 32.0 Å². The molecule has 4 nitrogen and oxygen atoms in total. The van der Waals surface area contributed by atoms with Gasteiger partial charge in [-0.05, 0) is 18.1 Å². The molecule has 0 heterocycles. The Morgan fingerprint density at radius 3 is 2.39 bits per heavy atom. The third kappa shape index (κ3) is 5.48. The van der Waals surface area contributed by atoms with Gasteiger partial charge in [0.1, 0.15) is 0 Å². The Morgan fingerprint density at radius 2 is 1.78 bits per heavy atom. The van der Waals surface area contributed by atoms with Crippen LogP contribution in [0.15, 0.2) is 30.3 Å². The van der Waals surface area contributed by atoms with Crippen LogP contribution in [0.4, 0.5) is 0 Å². The highest BCUT2D eigenvalue weighted by Crippen LogP contribution is 1.97. The summed E-state index contributed by atoms with van der Waals surface area (Å²) in [6.07, 6.45) is 0.311. The van der Waals surface area contributed by atoms with Gasteiger partial charge in [-0.25, -0.2) is 0 Å². The predicted molar refractivity (Wildman–Crippen MR) is 71.2 cm³/mol. The smallest absolute Gasteiger partial charge is 0.251 e. The van der Waals surface area contributed by atoms with E-state index < -0.39 is 0 Å². The Labute approximate surface area is 108 Å². The predicted octanol–water partition coefficient (Wildman–Crippen LogP) is 1.58. The van der Waals surface area contributed by atoms with Crippen LogP contribution in [0.2, 0.25) is 0 Å². The highest BCUT2D eigenvalue weighted by molar-refractivity contribution is 5.94. The average Bonchev–Trinajstić information content (AvgIpc) is 2.37. The van der Waals surface area contributed by atoms with Crippen molar-refractivity contribution in [2.45, 2.75) is 20.3 Å². The molecule has 0 aliphatic heterocycles. The number of benzene rings is 1. The van der Waals surface area contributed by atoms with Crippen molar-refractivity contribution < 1.29 is 9.59 Å². The van der Waals surface area contributed by atoms with Gasteiger partial charge >= 0.3 is 0 Å². The first-order chi connectivity index (χ1) is 8.59. The van der Waals surface area contributed by atoms with Crippen molar-refractivity contribution in [3.05, 3.63) is 35.9 Å². The van der Waals surface area contributed by atoms with Crippen molar-refractivity contribution in [3.63, 3.8) is 0 Å². The maximum Gasteiger partial charge on any atom is 0.251 e. The fraction of sp³-hybridized carbons (Fsp3) is 0.429. The van der Waals surface area contributed by atoms with Gasteiger partial charge < -0.3 is 10.6 Å². The largest absolute Gasteiger partial charge is 0.356 e. The molecule has 0 aliphatic carbocycles. The Morgan fingerprint density at radius 1 is 1.11 bits per heavy atom. The normalized spacial score (nSPS) is 10.2. The van der Waals surface area contributed by atoms with Crippen molar-refractivity contribution >= 4 is 11.8 Å². The van der Waals surface area contributed by atoms with Crippen LogP contribution < -0.4 is 10.6 Å². The second-order valence-electron chi connectivity index (χ2n) is 4.57. The van der Waals surface area contributed by atoms with Crippen LogP contribution in [-0.2, 0) is 4.79 Å². The van der Waals surface area contributed by atoms with E-state index in [2.05, 4.69) is 10.6 Å². The molecule has 0 saturated heterocycles. The van der Waals surface area contributed by atoms with Gasteiger partial charge in [0.25, 0.3) is 5.91 Å². The lowest BCUT2D eigenvalue weighted by atomic mass is 10.2. The van der Waals surface area contributed by atoms with E-state index in [4.69, 9.17) is 0 Å². The summed E-state index contributed by atoms with van der Waals surface area (Å²) in [5, 5.41) is 5.52. The van der Waals surface area contributed by atoms with E-state index in [0.29, 0.717) is 31.0 Å². The summed E-state index contributed by atoms with van der Waals surface area (Å²) in [4.78, 5) is 23.1. The molecule has 0 radical (unpaired) electrons. The number of nitrogens with one attached hydrogen (secondary N) is 2. The second-order valence-corrected chi connectivity index (χ2v) is 4.57. The van der Waals surface area contributed by atoms with Gasteiger partial charge in [0, 0.05) is 25.1 Å². The molecule has 0 atom stereocenters. The number of rotatable bonds is 6. The van der Waals surface area contributed by atoms with Crippen LogP contribution in [-0.4, -0.2) is 24.9 Å². The summed E-state index contributed by atoms with van der Waals surface area (Å²) in [6.45, 7) is 5.11. The molecule has 0 spiro atoms. The van der Waals surface area contributed by atoms with Crippen LogP contribution in [0.5, 0.6) is 0 Å². The molecule has 0 bridgehead atoms. The van der Waals surface area contributed by atoms with Gasteiger partial charge in [-0.3, -0.25) is 9.59 Å². The third-order valence-corrected chi connectivity index (χ3v) is 2.38. The van der Waals surface area contributed by atoms with E-state index in [-0.39, 0.29) is 11.8 Å². The minimum absolute atomic E-state index is 0.0305. The van der Waals surface area contributed by atoms with Crippen molar-refractivity contribution in [3.8, 4) is 0 Å². The minimum atomic E-state index is -0.146. The molecule has 0 fully saturated rings. The fourth-order valence-corrected chi connectivity index (χ4v) is 1.39. The van der Waals surface area contributed by atoms with Gasteiger partial charge in [0.05, 0.1) is 0 Å². The van der Waals surface area contributed by atoms with Gasteiger partial charge in [-0.15, -0.1) is 0 Å². The quantitative estimate of drug-likeness (QED) is 0.803. The van der Waals surface area contributed by atoms with Crippen molar-refractivity contribution in [2.24, 2.45) is 5.92 Å². The van der Waals surface area contributed by atoms with Crippen molar-refractivity contribution in [1.29, 1.82) is 0 Å². The molecule has 1 aromatic rings. The first-order valence-corrected chi connectivity index (χ1v) is 6.19. The van der Waals surface area contributed by atoms with Gasteiger partial charge in [-0.1, -0.05) is 32.0 Å². The molecule has 0 aliphatic rings. The fourth-order valence-electron chi connectivity index (χ4n) is 1.39. The first-order valence-electron chi connectivity index (χ1n) is 6.19. The summed E-state index contributed by atoms with van der Waals surface area (Å²) in [7, 11) is 0. The van der Waals surface area contributed by atoms with Gasteiger partial charge in [0.2, 0.25) is 5.91 Å². The van der Waals surface area contributed by atoms with Crippen LogP contribution >= 0.6 is 0 Å². The Balaban J connectivity index is 2.22. The summed E-state index contributed by atoms with van der Waals surface area (Å²) in [6, 6.07) is 8.97. The Bertz CT molecular complexity index is 388. The van der Waals surface area contributed by atoms with E-state index >= 15 is 0 Å². The number of hydrogen-bond acceptors (Lipinski definition) is 2. The van der Waals surface area contributed by atoms with Gasteiger partial charge in [-0.2, -0.15) is 0 Å². The van der Waals surface area contributed by atoms with Gasteiger partial charge in [0.15, 0.2) is 0 Å². The molecular formula is C14H20N2O2. The summed E-state index contributed by atoms with van der Waals surface area (Å²) in [5.41, 5.74) is 0.611. The van der Waals surface area contributed by atoms with Crippen molar-refractivity contribution in [2.75, 3.05) is 13.1 Å². The zero-order chi connectivity index (χ0) is 13.4. The van der Waals surface area contributed by atoms with E-state index in [0.717, 1.165) is 0 Å². The number of amides is 2. The lowest BCUT2D eigenvalue weighted by Crippen LogP contribution is -2.32. The lowest BCUT2D eigenvalue weighted by Gasteiger charge is -2.08. The highest BCUT2D eigenvalue weighted by atomic mass is 16.2. The summed E-state index contributed by atoms with van der Waals surface area (Å²) in [5.74, 6) is 0.261. The van der Waals surface area contributed by atoms with Crippen LogP contribution in [0, 0.1) is 5.92 Å². The van der Waals surface area contributed by atoms with Crippen LogP contribution in [0.25, 0.3) is 0 Å². The Kier molecular flexibility index (Phi) is 5.91. The molecule has 1 aromatic carbocycles. The molecule has 98 valence electrons. The van der Waals surface area contributed by atoms with E-state index in [9.17, 15) is 9.59 Å². The molecule has 1 rings (SSSR count).